The van der Waals surface area contributed by atoms with Crippen LogP contribution in [0, 0.1) is 5.92 Å². The summed E-state index contributed by atoms with van der Waals surface area (Å²) in [6, 6.07) is 0. The fraction of sp³-hybridized carbons (Fsp3) is 0.909. The van der Waals surface area contributed by atoms with Crippen LogP contribution in [0.3, 0.4) is 0 Å². The molecule has 2 rings (SSSR count). The standard InChI is InChI=1S/C11H19NO2/c13-11(8-9-4-3-5-9)12-14-10-6-1-2-7-10/h9-10H,1-8H2,(H,12,13). The van der Waals surface area contributed by atoms with Gasteiger partial charge in [0, 0.05) is 6.42 Å². The van der Waals surface area contributed by atoms with Crippen molar-refractivity contribution in [2.24, 2.45) is 5.92 Å². The van der Waals surface area contributed by atoms with Crippen LogP contribution >= 0.6 is 0 Å². The van der Waals surface area contributed by atoms with Gasteiger partial charge < -0.3 is 0 Å². The van der Waals surface area contributed by atoms with Crippen LogP contribution in [-0.4, -0.2) is 12.0 Å². The van der Waals surface area contributed by atoms with Crippen LogP contribution in [-0.2, 0) is 9.63 Å². The van der Waals surface area contributed by atoms with Crippen molar-refractivity contribution in [1.82, 2.24) is 5.48 Å². The van der Waals surface area contributed by atoms with Gasteiger partial charge in [-0.25, -0.2) is 5.48 Å². The van der Waals surface area contributed by atoms with Crippen LogP contribution in [0.15, 0.2) is 0 Å². The van der Waals surface area contributed by atoms with Crippen LogP contribution in [0.25, 0.3) is 0 Å². The van der Waals surface area contributed by atoms with Gasteiger partial charge >= 0.3 is 0 Å². The molecule has 3 heteroatoms. The molecule has 0 spiro atoms. The van der Waals surface area contributed by atoms with Gasteiger partial charge in [0.2, 0.25) is 5.91 Å². The van der Waals surface area contributed by atoms with Crippen LogP contribution < -0.4 is 5.48 Å². The number of hydrogen-bond acceptors (Lipinski definition) is 2. The Labute approximate surface area is 85.2 Å². The summed E-state index contributed by atoms with van der Waals surface area (Å²) in [6.45, 7) is 0. The largest absolute Gasteiger partial charge is 0.273 e. The first kappa shape index (κ1) is 9.97. The number of carbonyl (C=O) groups excluding carboxylic acids is 1. The van der Waals surface area contributed by atoms with Crippen molar-refractivity contribution in [3.8, 4) is 0 Å². The maximum Gasteiger partial charge on any atom is 0.243 e. The quantitative estimate of drug-likeness (QED) is 0.701. The van der Waals surface area contributed by atoms with E-state index >= 15 is 0 Å². The van der Waals surface area contributed by atoms with E-state index in [1.165, 1.54) is 32.1 Å². The molecule has 80 valence electrons. The summed E-state index contributed by atoms with van der Waals surface area (Å²) in [5, 5.41) is 0. The molecule has 0 aromatic heterocycles. The third-order valence-corrected chi connectivity index (χ3v) is 3.34. The lowest BCUT2D eigenvalue weighted by Crippen LogP contribution is -2.31. The van der Waals surface area contributed by atoms with Crippen LogP contribution in [0.5, 0.6) is 0 Å². The molecule has 0 heterocycles. The van der Waals surface area contributed by atoms with Gasteiger partial charge in [-0.05, 0) is 31.6 Å². The topological polar surface area (TPSA) is 38.3 Å². The Morgan fingerprint density at radius 3 is 2.43 bits per heavy atom. The molecule has 0 unspecified atom stereocenters. The Bertz CT molecular complexity index is 195. The van der Waals surface area contributed by atoms with E-state index in [-0.39, 0.29) is 12.0 Å². The Balaban J connectivity index is 1.57. The van der Waals surface area contributed by atoms with E-state index in [2.05, 4.69) is 5.48 Å². The second kappa shape index (κ2) is 4.78. The molecule has 3 nitrogen and oxygen atoms in total. The fourth-order valence-corrected chi connectivity index (χ4v) is 2.16. The fourth-order valence-electron chi connectivity index (χ4n) is 2.16. The number of amides is 1. The molecule has 0 aromatic carbocycles. The van der Waals surface area contributed by atoms with Gasteiger partial charge in [-0.1, -0.05) is 19.3 Å². The minimum Gasteiger partial charge on any atom is -0.273 e. The zero-order valence-electron chi connectivity index (χ0n) is 8.63. The molecule has 2 saturated carbocycles. The van der Waals surface area contributed by atoms with Gasteiger partial charge in [0.05, 0.1) is 6.10 Å². The average molecular weight is 197 g/mol. The highest BCUT2D eigenvalue weighted by molar-refractivity contribution is 5.75. The van der Waals surface area contributed by atoms with Crippen molar-refractivity contribution in [3.05, 3.63) is 0 Å². The zero-order chi connectivity index (χ0) is 9.80. The molecule has 0 saturated heterocycles. The van der Waals surface area contributed by atoms with Crippen molar-refractivity contribution in [2.75, 3.05) is 0 Å². The number of hydroxylamine groups is 1. The van der Waals surface area contributed by atoms with E-state index in [0.717, 1.165) is 12.8 Å². The molecule has 2 fully saturated rings. The summed E-state index contributed by atoms with van der Waals surface area (Å²) < 4.78 is 0. The Morgan fingerprint density at radius 2 is 1.86 bits per heavy atom. The Morgan fingerprint density at radius 1 is 1.14 bits per heavy atom. The first-order valence-corrected chi connectivity index (χ1v) is 5.79. The number of hydrogen-bond donors (Lipinski definition) is 1. The van der Waals surface area contributed by atoms with Crippen molar-refractivity contribution in [3.63, 3.8) is 0 Å². The van der Waals surface area contributed by atoms with E-state index in [4.69, 9.17) is 4.84 Å². The number of rotatable bonds is 4. The minimum atomic E-state index is 0.0709. The molecule has 2 aliphatic carbocycles. The second-order valence-corrected chi connectivity index (χ2v) is 4.55. The zero-order valence-corrected chi connectivity index (χ0v) is 8.63. The van der Waals surface area contributed by atoms with Crippen LogP contribution in [0.4, 0.5) is 0 Å². The number of carbonyl (C=O) groups is 1. The normalized spacial score (nSPS) is 23.4. The highest BCUT2D eigenvalue weighted by Crippen LogP contribution is 2.29. The first-order chi connectivity index (χ1) is 6.84. The van der Waals surface area contributed by atoms with Gasteiger partial charge in [-0.2, -0.15) is 0 Å². The molecule has 0 aromatic rings. The summed E-state index contributed by atoms with van der Waals surface area (Å²) in [4.78, 5) is 16.7. The van der Waals surface area contributed by atoms with Crippen molar-refractivity contribution < 1.29 is 9.63 Å². The monoisotopic (exact) mass is 197 g/mol. The molecule has 0 aliphatic heterocycles. The first-order valence-electron chi connectivity index (χ1n) is 5.79. The predicted molar refractivity (Wildman–Crippen MR) is 53.4 cm³/mol. The predicted octanol–water partition coefficient (Wildman–Crippen LogP) is 2.17. The smallest absolute Gasteiger partial charge is 0.243 e. The maximum absolute atomic E-state index is 11.4. The van der Waals surface area contributed by atoms with Gasteiger partial charge in [0.1, 0.15) is 0 Å². The molecule has 0 bridgehead atoms. The summed E-state index contributed by atoms with van der Waals surface area (Å²) in [5.74, 6) is 0.698. The van der Waals surface area contributed by atoms with Crippen molar-refractivity contribution in [2.45, 2.75) is 57.5 Å². The molecule has 2 aliphatic rings. The lowest BCUT2D eigenvalue weighted by atomic mass is 9.83. The SMILES string of the molecule is O=C(CC1CCC1)NOC1CCCC1. The van der Waals surface area contributed by atoms with E-state index < -0.39 is 0 Å². The van der Waals surface area contributed by atoms with Gasteiger partial charge in [-0.3, -0.25) is 9.63 Å². The third-order valence-electron chi connectivity index (χ3n) is 3.34. The Hall–Kier alpha value is -0.570. The summed E-state index contributed by atoms with van der Waals surface area (Å²) >= 11 is 0. The molecule has 1 N–H and O–H groups in total. The van der Waals surface area contributed by atoms with Crippen molar-refractivity contribution in [1.29, 1.82) is 0 Å². The lowest BCUT2D eigenvalue weighted by molar-refractivity contribution is -0.139. The maximum atomic E-state index is 11.4. The highest BCUT2D eigenvalue weighted by Gasteiger charge is 2.22. The van der Waals surface area contributed by atoms with E-state index in [1.807, 2.05) is 0 Å². The lowest BCUT2D eigenvalue weighted by Gasteiger charge is -2.24. The average Bonchev–Trinajstić information content (AvgIpc) is 2.60. The van der Waals surface area contributed by atoms with E-state index in [9.17, 15) is 4.79 Å². The van der Waals surface area contributed by atoms with Gasteiger partial charge in [0.25, 0.3) is 0 Å². The number of nitrogens with one attached hydrogen (secondary N) is 1. The molecule has 0 radical (unpaired) electrons. The van der Waals surface area contributed by atoms with Gasteiger partial charge in [0.15, 0.2) is 0 Å². The highest BCUT2D eigenvalue weighted by atomic mass is 16.7. The van der Waals surface area contributed by atoms with Crippen LogP contribution in [0.1, 0.15) is 51.4 Å². The molecule has 0 atom stereocenters. The van der Waals surface area contributed by atoms with Gasteiger partial charge in [-0.15, -0.1) is 0 Å². The second-order valence-electron chi connectivity index (χ2n) is 4.55. The Kier molecular flexibility index (Phi) is 3.40. The van der Waals surface area contributed by atoms with E-state index in [1.54, 1.807) is 0 Å². The molecule has 14 heavy (non-hydrogen) atoms. The summed E-state index contributed by atoms with van der Waals surface area (Å²) in [5.41, 5.74) is 2.58. The van der Waals surface area contributed by atoms with E-state index in [0.29, 0.717) is 12.3 Å². The minimum absolute atomic E-state index is 0.0709. The van der Waals surface area contributed by atoms with Crippen molar-refractivity contribution >= 4 is 5.91 Å². The molecule has 1 amide bonds. The summed E-state index contributed by atoms with van der Waals surface area (Å²) in [6.07, 6.45) is 9.35. The molecular weight excluding hydrogens is 178 g/mol. The third kappa shape index (κ3) is 2.71. The summed E-state index contributed by atoms with van der Waals surface area (Å²) in [7, 11) is 0. The van der Waals surface area contributed by atoms with Crippen LogP contribution in [0.2, 0.25) is 0 Å². The molecular formula is C11H19NO2.